The van der Waals surface area contributed by atoms with Crippen LogP contribution in [0.15, 0.2) is 60.2 Å². The maximum Gasteiger partial charge on any atom is 0.220 e. The second-order valence-electron chi connectivity index (χ2n) is 6.04. The van der Waals surface area contributed by atoms with Gasteiger partial charge in [0.05, 0.1) is 5.69 Å². The zero-order chi connectivity index (χ0) is 17.3. The summed E-state index contributed by atoms with van der Waals surface area (Å²) in [6.07, 6.45) is 8.59. The summed E-state index contributed by atoms with van der Waals surface area (Å²) in [7, 11) is 0. The first-order valence-corrected chi connectivity index (χ1v) is 9.57. The molecule has 0 aliphatic carbocycles. The van der Waals surface area contributed by atoms with E-state index in [1.54, 1.807) is 6.20 Å². The van der Waals surface area contributed by atoms with Gasteiger partial charge in [-0.3, -0.25) is 4.79 Å². The largest absolute Gasteiger partial charge is 0.352 e. The van der Waals surface area contributed by atoms with E-state index in [9.17, 15) is 4.79 Å². The predicted octanol–water partition coefficient (Wildman–Crippen LogP) is 4.35. The Balaban J connectivity index is 1.35. The lowest BCUT2D eigenvalue weighted by Crippen LogP contribution is -2.22. The van der Waals surface area contributed by atoms with Gasteiger partial charge < -0.3 is 5.32 Å². The van der Waals surface area contributed by atoms with Crippen LogP contribution in [0.25, 0.3) is 5.69 Å². The average molecular weight is 353 g/mol. The molecule has 1 amide bonds. The Morgan fingerprint density at radius 2 is 2.08 bits per heavy atom. The minimum atomic E-state index is 0.126. The first-order valence-electron chi connectivity index (χ1n) is 8.69. The molecule has 0 aliphatic rings. The maximum atomic E-state index is 12.0. The van der Waals surface area contributed by atoms with E-state index in [0.29, 0.717) is 13.0 Å². The van der Waals surface area contributed by atoms with Crippen molar-refractivity contribution in [2.24, 2.45) is 0 Å². The highest BCUT2D eigenvalue weighted by atomic mass is 32.1. The molecule has 0 spiro atoms. The van der Waals surface area contributed by atoms with Gasteiger partial charge >= 0.3 is 0 Å². The third-order valence-corrected chi connectivity index (χ3v) is 5.01. The lowest BCUT2D eigenvalue weighted by molar-refractivity contribution is -0.121. The Bertz CT molecular complexity index is 766. The minimum absolute atomic E-state index is 0.126. The number of nitrogens with one attached hydrogen (secondary N) is 1. The van der Waals surface area contributed by atoms with Crippen LogP contribution in [0.3, 0.4) is 0 Å². The Morgan fingerprint density at radius 1 is 1.12 bits per heavy atom. The molecule has 0 fully saturated rings. The number of hydrogen-bond acceptors (Lipinski definition) is 3. The lowest BCUT2D eigenvalue weighted by Gasteiger charge is -2.07. The molecule has 0 unspecified atom stereocenters. The van der Waals surface area contributed by atoms with E-state index >= 15 is 0 Å². The minimum Gasteiger partial charge on any atom is -0.352 e. The van der Waals surface area contributed by atoms with E-state index < -0.39 is 0 Å². The molecule has 0 radical (unpaired) electrons. The molecule has 2 aromatic heterocycles. The first kappa shape index (κ1) is 17.4. The van der Waals surface area contributed by atoms with E-state index in [1.807, 2.05) is 52.5 Å². The van der Waals surface area contributed by atoms with Gasteiger partial charge in [0.25, 0.3) is 0 Å². The van der Waals surface area contributed by atoms with Gasteiger partial charge in [0, 0.05) is 30.2 Å². The third-order valence-electron chi connectivity index (χ3n) is 4.08. The Morgan fingerprint density at radius 3 is 2.88 bits per heavy atom. The fraction of sp³-hybridized carbons (Fsp3) is 0.300. The van der Waals surface area contributed by atoms with Crippen molar-refractivity contribution in [3.8, 4) is 5.69 Å². The van der Waals surface area contributed by atoms with Crippen molar-refractivity contribution >= 4 is 17.2 Å². The van der Waals surface area contributed by atoms with Gasteiger partial charge in [0.15, 0.2) is 0 Å². The monoisotopic (exact) mass is 353 g/mol. The van der Waals surface area contributed by atoms with Crippen molar-refractivity contribution in [3.63, 3.8) is 0 Å². The van der Waals surface area contributed by atoms with Gasteiger partial charge in [-0.1, -0.05) is 24.6 Å². The zero-order valence-electron chi connectivity index (χ0n) is 14.2. The number of carbonyl (C=O) groups is 1. The van der Waals surface area contributed by atoms with Crippen molar-refractivity contribution in [2.75, 3.05) is 0 Å². The Kier molecular flexibility index (Phi) is 6.40. The van der Waals surface area contributed by atoms with Gasteiger partial charge in [-0.15, -0.1) is 11.3 Å². The van der Waals surface area contributed by atoms with E-state index in [-0.39, 0.29) is 5.91 Å². The number of amides is 1. The lowest BCUT2D eigenvalue weighted by atomic mass is 10.1. The number of carbonyl (C=O) groups excluding carboxylic acids is 1. The molecular weight excluding hydrogens is 330 g/mol. The van der Waals surface area contributed by atoms with Crippen LogP contribution in [-0.2, 0) is 17.8 Å². The highest BCUT2D eigenvalue weighted by Crippen LogP contribution is 2.13. The molecule has 3 aromatic rings. The summed E-state index contributed by atoms with van der Waals surface area (Å²) in [6, 6.07) is 14.2. The Labute approximate surface area is 152 Å². The second kappa shape index (κ2) is 9.18. The summed E-state index contributed by atoms with van der Waals surface area (Å²) in [5.41, 5.74) is 2.09. The summed E-state index contributed by atoms with van der Waals surface area (Å²) in [6.45, 7) is 0.559. The molecule has 5 heteroatoms. The van der Waals surface area contributed by atoms with Gasteiger partial charge in [0.2, 0.25) is 5.91 Å². The maximum absolute atomic E-state index is 12.0. The molecule has 2 heterocycles. The van der Waals surface area contributed by atoms with E-state index in [1.165, 1.54) is 4.88 Å². The normalized spacial score (nSPS) is 10.7. The predicted molar refractivity (Wildman–Crippen MR) is 102 cm³/mol. The zero-order valence-corrected chi connectivity index (χ0v) is 15.0. The number of nitrogens with zero attached hydrogens (tertiary/aromatic N) is 2. The highest BCUT2D eigenvalue weighted by Gasteiger charge is 2.03. The van der Waals surface area contributed by atoms with Gasteiger partial charge in [-0.25, -0.2) is 4.68 Å². The van der Waals surface area contributed by atoms with Crippen LogP contribution >= 0.6 is 11.3 Å². The molecule has 1 aromatic carbocycles. The highest BCUT2D eigenvalue weighted by molar-refractivity contribution is 7.09. The van der Waals surface area contributed by atoms with Crippen molar-refractivity contribution in [3.05, 3.63) is 70.7 Å². The SMILES string of the molecule is O=C(CCCCCc1cccs1)NCc1cccc(-n2cccn2)c1. The van der Waals surface area contributed by atoms with E-state index in [4.69, 9.17) is 0 Å². The third kappa shape index (κ3) is 5.57. The fourth-order valence-electron chi connectivity index (χ4n) is 2.74. The van der Waals surface area contributed by atoms with Crippen molar-refractivity contribution in [1.29, 1.82) is 0 Å². The molecular formula is C20H23N3OS. The van der Waals surface area contributed by atoms with Gasteiger partial charge in [0.1, 0.15) is 0 Å². The number of benzene rings is 1. The van der Waals surface area contributed by atoms with Crippen LogP contribution in [0.2, 0.25) is 0 Å². The number of rotatable bonds is 9. The van der Waals surface area contributed by atoms with Crippen molar-refractivity contribution in [2.45, 2.75) is 38.6 Å². The molecule has 0 atom stereocenters. The van der Waals surface area contributed by atoms with Crippen molar-refractivity contribution in [1.82, 2.24) is 15.1 Å². The number of aromatic nitrogens is 2. The van der Waals surface area contributed by atoms with Crippen molar-refractivity contribution < 1.29 is 4.79 Å². The van der Waals surface area contributed by atoms with E-state index in [0.717, 1.165) is 36.9 Å². The molecule has 130 valence electrons. The molecule has 3 rings (SSSR count). The number of thiophene rings is 1. The molecule has 1 N–H and O–H groups in total. The molecule has 4 nitrogen and oxygen atoms in total. The summed E-state index contributed by atoms with van der Waals surface area (Å²) in [5, 5.41) is 9.35. The van der Waals surface area contributed by atoms with E-state index in [2.05, 4.69) is 27.9 Å². The van der Waals surface area contributed by atoms with Crippen LogP contribution in [0.5, 0.6) is 0 Å². The molecule has 0 saturated carbocycles. The molecule has 0 bridgehead atoms. The van der Waals surface area contributed by atoms with Gasteiger partial charge in [-0.05, 0) is 54.5 Å². The summed E-state index contributed by atoms with van der Waals surface area (Å²) in [4.78, 5) is 13.4. The van der Waals surface area contributed by atoms with Gasteiger partial charge in [-0.2, -0.15) is 5.10 Å². The topological polar surface area (TPSA) is 46.9 Å². The fourth-order valence-corrected chi connectivity index (χ4v) is 3.49. The first-order chi connectivity index (χ1) is 12.3. The van der Waals surface area contributed by atoms with Crippen LogP contribution in [0.4, 0.5) is 0 Å². The number of hydrogen-bond donors (Lipinski definition) is 1. The molecule has 0 saturated heterocycles. The van der Waals surface area contributed by atoms with Crippen LogP contribution in [0, 0.1) is 0 Å². The average Bonchev–Trinajstić information content (AvgIpc) is 3.34. The molecule has 0 aliphatic heterocycles. The smallest absolute Gasteiger partial charge is 0.220 e. The number of aryl methyl sites for hydroxylation is 1. The van der Waals surface area contributed by atoms with Crippen LogP contribution < -0.4 is 5.32 Å². The number of unbranched alkanes of at least 4 members (excludes halogenated alkanes) is 2. The standard InChI is InChI=1S/C20H23N3OS/c24-20(11-3-1-2-9-19-10-5-14-25-19)21-16-17-7-4-8-18(15-17)23-13-6-12-22-23/h4-8,10,12-15H,1-3,9,11,16H2,(H,21,24). The Hall–Kier alpha value is -2.40. The molecule has 25 heavy (non-hydrogen) atoms. The van der Waals surface area contributed by atoms with Crippen LogP contribution in [0.1, 0.15) is 36.1 Å². The summed E-state index contributed by atoms with van der Waals surface area (Å²) in [5.74, 6) is 0.126. The summed E-state index contributed by atoms with van der Waals surface area (Å²) >= 11 is 1.81. The van der Waals surface area contributed by atoms with Crippen LogP contribution in [-0.4, -0.2) is 15.7 Å². The quantitative estimate of drug-likeness (QED) is 0.581. The second-order valence-corrected chi connectivity index (χ2v) is 7.07. The summed E-state index contributed by atoms with van der Waals surface area (Å²) < 4.78 is 1.82.